The van der Waals surface area contributed by atoms with Crippen molar-refractivity contribution in [3.05, 3.63) is 29.6 Å². The molecule has 1 aliphatic carbocycles. The zero-order valence-corrected chi connectivity index (χ0v) is 13.6. The number of halogens is 2. The summed E-state index contributed by atoms with van der Waals surface area (Å²) in [6, 6.07) is 1.72. The van der Waals surface area contributed by atoms with Crippen molar-refractivity contribution in [1.82, 2.24) is 10.3 Å². The fourth-order valence-corrected chi connectivity index (χ4v) is 2.44. The lowest BCUT2D eigenvalue weighted by atomic mass is 9.84. The lowest BCUT2D eigenvalue weighted by molar-refractivity contribution is -0.127. The Morgan fingerprint density at radius 3 is 2.81 bits per heavy atom. The summed E-state index contributed by atoms with van der Waals surface area (Å²) >= 11 is 0. The molecule has 2 rings (SSSR count). The number of hydrogen-bond donors (Lipinski definition) is 3. The van der Waals surface area contributed by atoms with Crippen molar-refractivity contribution in [3.8, 4) is 0 Å². The molecule has 21 heavy (non-hydrogen) atoms. The molecule has 1 saturated carbocycles. The van der Waals surface area contributed by atoms with Gasteiger partial charge in [-0.15, -0.1) is 24.8 Å². The molecule has 0 unspecified atom stereocenters. The zero-order valence-electron chi connectivity index (χ0n) is 12.0. The highest BCUT2D eigenvalue weighted by molar-refractivity contribution is 5.85. The quantitative estimate of drug-likeness (QED) is 0.777. The number of pyridine rings is 1. The Morgan fingerprint density at radius 2 is 2.19 bits per heavy atom. The second kappa shape index (κ2) is 9.20. The third-order valence-electron chi connectivity index (χ3n) is 3.83. The van der Waals surface area contributed by atoms with Crippen molar-refractivity contribution in [2.75, 3.05) is 0 Å². The highest BCUT2D eigenvalue weighted by Crippen LogP contribution is 2.23. The number of aromatic nitrogens is 1. The Labute approximate surface area is 137 Å². The summed E-state index contributed by atoms with van der Waals surface area (Å²) in [6.45, 7) is 2.48. The fraction of sp³-hybridized carbons (Fsp3) is 0.571. The smallest absolute Gasteiger partial charge is 0.223 e. The van der Waals surface area contributed by atoms with Crippen LogP contribution in [0, 0.1) is 12.8 Å². The number of nitrogens with two attached hydrogens (primary N) is 1. The van der Waals surface area contributed by atoms with Crippen molar-refractivity contribution in [2.45, 2.75) is 44.9 Å². The predicted molar refractivity (Wildman–Crippen MR) is 86.6 cm³/mol. The minimum Gasteiger partial charge on any atom is -0.391 e. The molecule has 1 heterocycles. The third-order valence-corrected chi connectivity index (χ3v) is 3.83. The minimum absolute atomic E-state index is 0. The van der Waals surface area contributed by atoms with Gasteiger partial charge >= 0.3 is 0 Å². The van der Waals surface area contributed by atoms with E-state index in [2.05, 4.69) is 10.3 Å². The topological polar surface area (TPSA) is 88.2 Å². The number of carbonyl (C=O) groups is 1. The molecule has 1 amide bonds. The van der Waals surface area contributed by atoms with Crippen LogP contribution in [0.15, 0.2) is 18.5 Å². The molecule has 1 fully saturated rings. The van der Waals surface area contributed by atoms with Gasteiger partial charge in [0.05, 0.1) is 6.10 Å². The fourth-order valence-electron chi connectivity index (χ4n) is 2.44. The number of nitrogens with zero attached hydrogens (tertiary/aromatic N) is 1. The van der Waals surface area contributed by atoms with E-state index >= 15 is 0 Å². The van der Waals surface area contributed by atoms with Crippen LogP contribution >= 0.6 is 24.8 Å². The number of nitrogens with one attached hydrogen (secondary N) is 1. The van der Waals surface area contributed by atoms with Gasteiger partial charge in [-0.05, 0) is 43.4 Å². The maximum atomic E-state index is 12.1. The molecule has 1 aromatic heterocycles. The standard InChI is InChI=1S/C14H21N3O2.2ClH/c1-9-7-16-5-4-11(9)8-17-14(19)10-2-3-12(15)13(18)6-10;;/h4-5,7,10,12-13,18H,2-3,6,8,15H2,1H3,(H,17,19);2*1H/t10-,12+,13+;;/m0../s1. The Balaban J connectivity index is 0.00000200. The van der Waals surface area contributed by atoms with Crippen LogP contribution in [0.25, 0.3) is 0 Å². The molecule has 0 radical (unpaired) electrons. The van der Waals surface area contributed by atoms with Crippen LogP contribution in [-0.4, -0.2) is 28.1 Å². The van der Waals surface area contributed by atoms with E-state index in [1.165, 1.54) is 0 Å². The van der Waals surface area contributed by atoms with Gasteiger partial charge in [0, 0.05) is 30.9 Å². The molecule has 1 aromatic rings. The van der Waals surface area contributed by atoms with Crippen LogP contribution in [0.3, 0.4) is 0 Å². The number of amides is 1. The molecule has 3 atom stereocenters. The second-order valence-corrected chi connectivity index (χ2v) is 5.26. The molecule has 0 spiro atoms. The van der Waals surface area contributed by atoms with Crippen molar-refractivity contribution < 1.29 is 9.90 Å². The monoisotopic (exact) mass is 335 g/mol. The summed E-state index contributed by atoms with van der Waals surface area (Å²) in [5.74, 6) is -0.126. The minimum atomic E-state index is -0.563. The lowest BCUT2D eigenvalue weighted by Gasteiger charge is -2.30. The van der Waals surface area contributed by atoms with E-state index < -0.39 is 6.10 Å². The Hall–Kier alpha value is -0.880. The van der Waals surface area contributed by atoms with E-state index in [-0.39, 0.29) is 42.7 Å². The van der Waals surface area contributed by atoms with Crippen molar-refractivity contribution in [1.29, 1.82) is 0 Å². The van der Waals surface area contributed by atoms with Crippen molar-refractivity contribution in [2.24, 2.45) is 11.7 Å². The molecule has 5 nitrogen and oxygen atoms in total. The number of aliphatic hydroxyl groups is 1. The van der Waals surface area contributed by atoms with E-state index in [0.29, 0.717) is 19.4 Å². The Bertz CT molecular complexity index is 460. The molecular weight excluding hydrogens is 313 g/mol. The summed E-state index contributed by atoms with van der Waals surface area (Å²) in [7, 11) is 0. The van der Waals surface area contributed by atoms with E-state index in [0.717, 1.165) is 17.5 Å². The van der Waals surface area contributed by atoms with Crippen molar-refractivity contribution >= 4 is 30.7 Å². The maximum Gasteiger partial charge on any atom is 0.223 e. The molecule has 120 valence electrons. The molecular formula is C14H23Cl2N3O2. The third kappa shape index (κ3) is 5.43. The van der Waals surface area contributed by atoms with E-state index in [4.69, 9.17) is 5.73 Å². The summed E-state index contributed by atoms with van der Waals surface area (Å²) in [4.78, 5) is 16.1. The van der Waals surface area contributed by atoms with Gasteiger partial charge in [0.2, 0.25) is 5.91 Å². The van der Waals surface area contributed by atoms with E-state index in [1.807, 2.05) is 13.0 Å². The van der Waals surface area contributed by atoms with Gasteiger partial charge < -0.3 is 16.2 Å². The molecule has 7 heteroatoms. The first-order valence-corrected chi connectivity index (χ1v) is 6.68. The molecule has 4 N–H and O–H groups in total. The lowest BCUT2D eigenvalue weighted by Crippen LogP contribution is -2.44. The SMILES string of the molecule is Cc1cnccc1CNC(=O)[C@H]1CC[C@@H](N)[C@H](O)C1.Cl.Cl. The first kappa shape index (κ1) is 20.1. The van der Waals surface area contributed by atoms with Crippen LogP contribution < -0.4 is 11.1 Å². The van der Waals surface area contributed by atoms with Crippen LogP contribution in [0.4, 0.5) is 0 Å². The van der Waals surface area contributed by atoms with Gasteiger partial charge in [-0.25, -0.2) is 0 Å². The van der Waals surface area contributed by atoms with Crippen molar-refractivity contribution in [3.63, 3.8) is 0 Å². The highest BCUT2D eigenvalue weighted by Gasteiger charge is 2.30. The molecule has 0 saturated heterocycles. The van der Waals surface area contributed by atoms with Gasteiger partial charge in [0.1, 0.15) is 0 Å². The Morgan fingerprint density at radius 1 is 1.48 bits per heavy atom. The largest absolute Gasteiger partial charge is 0.391 e. The van der Waals surface area contributed by atoms with Crippen LogP contribution in [-0.2, 0) is 11.3 Å². The van der Waals surface area contributed by atoms with Gasteiger partial charge in [0.25, 0.3) is 0 Å². The van der Waals surface area contributed by atoms with Gasteiger partial charge in [-0.2, -0.15) is 0 Å². The zero-order chi connectivity index (χ0) is 13.8. The normalized spacial score (nSPS) is 24.4. The molecule has 1 aliphatic rings. The molecule has 0 bridgehead atoms. The summed E-state index contributed by atoms with van der Waals surface area (Å²) in [5.41, 5.74) is 7.87. The first-order valence-electron chi connectivity index (χ1n) is 6.68. The van der Waals surface area contributed by atoms with E-state index in [1.54, 1.807) is 12.4 Å². The average Bonchev–Trinajstić information content (AvgIpc) is 2.40. The van der Waals surface area contributed by atoms with Gasteiger partial charge in [-0.3, -0.25) is 9.78 Å². The predicted octanol–water partition coefficient (Wildman–Crippen LogP) is 1.34. The van der Waals surface area contributed by atoms with Gasteiger partial charge in [0.15, 0.2) is 0 Å². The number of aliphatic hydroxyl groups excluding tert-OH is 1. The average molecular weight is 336 g/mol. The number of aryl methyl sites for hydroxylation is 1. The summed E-state index contributed by atoms with van der Waals surface area (Å²) < 4.78 is 0. The number of hydrogen-bond acceptors (Lipinski definition) is 4. The molecule has 0 aromatic carbocycles. The number of rotatable bonds is 3. The van der Waals surface area contributed by atoms with Crippen LogP contribution in [0.2, 0.25) is 0 Å². The first-order chi connectivity index (χ1) is 9.08. The molecule has 0 aliphatic heterocycles. The van der Waals surface area contributed by atoms with Crippen LogP contribution in [0.5, 0.6) is 0 Å². The second-order valence-electron chi connectivity index (χ2n) is 5.26. The van der Waals surface area contributed by atoms with E-state index in [9.17, 15) is 9.90 Å². The van der Waals surface area contributed by atoms with Crippen LogP contribution in [0.1, 0.15) is 30.4 Å². The maximum absolute atomic E-state index is 12.1. The summed E-state index contributed by atoms with van der Waals surface area (Å²) in [6.07, 6.45) is 4.85. The summed E-state index contributed by atoms with van der Waals surface area (Å²) in [5, 5.41) is 12.6. The highest BCUT2D eigenvalue weighted by atomic mass is 35.5. The van der Waals surface area contributed by atoms with Gasteiger partial charge in [-0.1, -0.05) is 0 Å². The Kier molecular flexibility index (Phi) is 8.82. The number of carbonyl (C=O) groups excluding carboxylic acids is 1.